The number of halogens is 4. The lowest BCUT2D eigenvalue weighted by molar-refractivity contribution is -0.192. The largest absolute Gasteiger partial charge is 0.490 e. The highest BCUT2D eigenvalue weighted by atomic mass is 19.4. The quantitative estimate of drug-likeness (QED) is 0.175. The number of nitrogen functional groups attached to an aromatic ring is 2. The molecule has 1 aliphatic heterocycles. The summed E-state index contributed by atoms with van der Waals surface area (Å²) >= 11 is 0. The first kappa shape index (κ1) is 30.1. The second kappa shape index (κ2) is 11.7. The number of carbonyl (C=O) groups is 1. The summed E-state index contributed by atoms with van der Waals surface area (Å²) in [5.41, 5.74) is 15.8. The molecule has 1 aliphatic rings. The van der Waals surface area contributed by atoms with Crippen LogP contribution < -0.4 is 20.9 Å². The van der Waals surface area contributed by atoms with Crippen molar-refractivity contribution in [1.82, 2.24) is 19.7 Å². The van der Waals surface area contributed by atoms with E-state index in [0.29, 0.717) is 45.9 Å². The average molecular weight is 611 g/mol. The fraction of sp³-hybridized carbons (Fsp3) is 0.200. The number of aryl methyl sites for hydroxylation is 2. The zero-order valence-corrected chi connectivity index (χ0v) is 23.4. The summed E-state index contributed by atoms with van der Waals surface area (Å²) in [6, 6.07) is 18.0. The number of fused-ring (bicyclic) bond motifs is 2. The zero-order valence-electron chi connectivity index (χ0n) is 23.4. The molecule has 228 valence electrons. The summed E-state index contributed by atoms with van der Waals surface area (Å²) < 4.78 is 59.8. The molecule has 5 N–H and O–H groups in total. The summed E-state index contributed by atoms with van der Waals surface area (Å²) in [4.78, 5) is 18.5. The maximum atomic E-state index is 15.5. The van der Waals surface area contributed by atoms with Gasteiger partial charge in [-0.05, 0) is 65.9 Å². The van der Waals surface area contributed by atoms with Gasteiger partial charge in [0.2, 0.25) is 6.79 Å². The summed E-state index contributed by atoms with van der Waals surface area (Å²) in [5.74, 6) is -1.14. The van der Waals surface area contributed by atoms with Gasteiger partial charge in [-0.1, -0.05) is 19.1 Å². The van der Waals surface area contributed by atoms with Crippen LogP contribution in [0.15, 0.2) is 60.7 Å². The second-order valence-electron chi connectivity index (χ2n) is 9.84. The third-order valence-corrected chi connectivity index (χ3v) is 6.91. The molecule has 0 radical (unpaired) electrons. The predicted molar refractivity (Wildman–Crippen MR) is 154 cm³/mol. The third kappa shape index (κ3) is 6.04. The standard InChI is InChI=1S/C28H25FN6O2.C2HF3O2/c1-3-15-4-8-21(29)20(10-15)25(22-12-17-11-18(30)6-7-19(17)26(31)32-22)28-33-27(34-35(28)2)16-5-9-23-24(13-16)37-14-36-23;3-2(4,5)1(6)7/h4-13,25H,3,14,30H2,1-2H3,(H2,31,32);(H,6,7). The normalized spacial score (nSPS) is 13.0. The maximum absolute atomic E-state index is 15.5. The highest BCUT2D eigenvalue weighted by Crippen LogP contribution is 2.38. The number of alkyl halides is 3. The summed E-state index contributed by atoms with van der Waals surface area (Å²) in [6.07, 6.45) is -4.33. The number of anilines is 2. The number of hydrogen-bond acceptors (Lipinski definition) is 8. The Morgan fingerprint density at radius 3 is 2.45 bits per heavy atom. The van der Waals surface area contributed by atoms with Gasteiger partial charge in [-0.15, -0.1) is 0 Å². The Kier molecular flexibility index (Phi) is 8.00. The molecule has 0 bridgehead atoms. The van der Waals surface area contributed by atoms with E-state index in [4.69, 9.17) is 40.8 Å². The van der Waals surface area contributed by atoms with Crippen LogP contribution in [-0.4, -0.2) is 43.8 Å². The fourth-order valence-corrected chi connectivity index (χ4v) is 4.74. The molecule has 2 aromatic heterocycles. The minimum absolute atomic E-state index is 0.175. The second-order valence-corrected chi connectivity index (χ2v) is 9.84. The summed E-state index contributed by atoms with van der Waals surface area (Å²) in [6.45, 7) is 2.20. The van der Waals surface area contributed by atoms with Crippen molar-refractivity contribution in [2.45, 2.75) is 25.4 Å². The van der Waals surface area contributed by atoms with Crippen molar-refractivity contribution in [2.24, 2.45) is 7.05 Å². The lowest BCUT2D eigenvalue weighted by Crippen LogP contribution is -2.21. The lowest BCUT2D eigenvalue weighted by Gasteiger charge is -2.19. The number of hydrogen-bond donors (Lipinski definition) is 3. The average Bonchev–Trinajstić information content (AvgIpc) is 3.60. The molecule has 0 aliphatic carbocycles. The Labute approximate surface area is 247 Å². The van der Waals surface area contributed by atoms with Crippen LogP contribution in [0.25, 0.3) is 22.2 Å². The Morgan fingerprint density at radius 2 is 1.75 bits per heavy atom. The van der Waals surface area contributed by atoms with E-state index in [-0.39, 0.29) is 12.6 Å². The number of aromatic nitrogens is 4. The highest BCUT2D eigenvalue weighted by Gasteiger charge is 2.38. The highest BCUT2D eigenvalue weighted by molar-refractivity contribution is 5.93. The molecule has 1 unspecified atom stereocenters. The van der Waals surface area contributed by atoms with Crippen molar-refractivity contribution in [1.29, 1.82) is 0 Å². The Balaban J connectivity index is 0.000000493. The van der Waals surface area contributed by atoms with Crippen LogP contribution in [0.3, 0.4) is 0 Å². The predicted octanol–water partition coefficient (Wildman–Crippen LogP) is 5.44. The molecule has 0 spiro atoms. The minimum Gasteiger partial charge on any atom is -0.475 e. The van der Waals surface area contributed by atoms with Crippen molar-refractivity contribution in [3.05, 3.63) is 89.1 Å². The lowest BCUT2D eigenvalue weighted by atomic mass is 9.91. The number of pyridine rings is 1. The molecule has 0 saturated carbocycles. The minimum atomic E-state index is -5.08. The van der Waals surface area contributed by atoms with Gasteiger partial charge in [-0.25, -0.2) is 19.2 Å². The number of carboxylic acids is 1. The fourth-order valence-electron chi connectivity index (χ4n) is 4.74. The van der Waals surface area contributed by atoms with Crippen LogP contribution >= 0.6 is 0 Å². The van der Waals surface area contributed by atoms with Crippen LogP contribution in [0.5, 0.6) is 11.5 Å². The number of carboxylic acid groups (broad SMARTS) is 1. The van der Waals surface area contributed by atoms with Gasteiger partial charge in [0.05, 0.1) is 11.6 Å². The van der Waals surface area contributed by atoms with Crippen LogP contribution in [0.1, 0.15) is 35.5 Å². The maximum Gasteiger partial charge on any atom is 0.490 e. The molecule has 14 heteroatoms. The van der Waals surface area contributed by atoms with Crippen LogP contribution in [0, 0.1) is 5.82 Å². The van der Waals surface area contributed by atoms with E-state index < -0.39 is 18.1 Å². The van der Waals surface area contributed by atoms with Gasteiger partial charge in [-0.3, -0.25) is 4.68 Å². The van der Waals surface area contributed by atoms with E-state index in [0.717, 1.165) is 28.3 Å². The molecule has 0 saturated heterocycles. The van der Waals surface area contributed by atoms with E-state index in [1.807, 2.05) is 49.4 Å². The monoisotopic (exact) mass is 610 g/mol. The molecule has 0 fully saturated rings. The number of nitrogens with zero attached hydrogens (tertiary/aromatic N) is 4. The van der Waals surface area contributed by atoms with Crippen LogP contribution in [-0.2, 0) is 18.3 Å². The van der Waals surface area contributed by atoms with Gasteiger partial charge in [0.25, 0.3) is 0 Å². The molecule has 0 amide bonds. The number of benzene rings is 3. The molecule has 5 aromatic rings. The number of nitrogens with two attached hydrogens (primary N) is 2. The van der Waals surface area contributed by atoms with E-state index in [9.17, 15) is 13.2 Å². The third-order valence-electron chi connectivity index (χ3n) is 6.91. The van der Waals surface area contributed by atoms with Crippen LogP contribution in [0.2, 0.25) is 0 Å². The van der Waals surface area contributed by atoms with Crippen LogP contribution in [0.4, 0.5) is 29.1 Å². The molecule has 1 atom stereocenters. The van der Waals surface area contributed by atoms with Gasteiger partial charge < -0.3 is 26.0 Å². The van der Waals surface area contributed by atoms with Gasteiger partial charge in [0.15, 0.2) is 17.3 Å². The van der Waals surface area contributed by atoms with Gasteiger partial charge >= 0.3 is 12.1 Å². The smallest absolute Gasteiger partial charge is 0.475 e. The van der Waals surface area contributed by atoms with Gasteiger partial charge in [0.1, 0.15) is 17.5 Å². The van der Waals surface area contributed by atoms with E-state index >= 15 is 4.39 Å². The van der Waals surface area contributed by atoms with Crippen molar-refractivity contribution < 1.29 is 36.9 Å². The van der Waals surface area contributed by atoms with Crippen molar-refractivity contribution in [3.8, 4) is 22.9 Å². The SMILES string of the molecule is CCc1ccc(F)c(C(c2cc3cc(N)ccc3c(N)n2)c2nc(-c3ccc4c(c3)OCO4)nn2C)c1.O=C(O)C(F)(F)F. The number of aliphatic carboxylic acids is 1. The summed E-state index contributed by atoms with van der Waals surface area (Å²) in [5, 5.41) is 13.4. The Hall–Kier alpha value is -5.40. The van der Waals surface area contributed by atoms with Gasteiger partial charge in [-0.2, -0.15) is 18.3 Å². The summed E-state index contributed by atoms with van der Waals surface area (Å²) in [7, 11) is 1.79. The Bertz CT molecular complexity index is 1880. The van der Waals surface area contributed by atoms with E-state index in [1.165, 1.54) is 6.07 Å². The number of rotatable bonds is 5. The Morgan fingerprint density at radius 1 is 1.02 bits per heavy atom. The molecule has 44 heavy (non-hydrogen) atoms. The van der Waals surface area contributed by atoms with Crippen molar-refractivity contribution >= 4 is 28.2 Å². The topological polar surface area (TPSA) is 151 Å². The first-order valence-corrected chi connectivity index (χ1v) is 13.2. The van der Waals surface area contributed by atoms with Gasteiger partial charge in [0, 0.05) is 29.2 Å². The molecular formula is C30H26F4N6O4. The molecular weight excluding hydrogens is 584 g/mol. The number of ether oxygens (including phenoxy) is 2. The molecule has 3 heterocycles. The first-order chi connectivity index (χ1) is 20.8. The zero-order chi connectivity index (χ0) is 31.8. The molecule has 6 rings (SSSR count). The first-order valence-electron chi connectivity index (χ1n) is 13.2. The molecule has 10 nitrogen and oxygen atoms in total. The molecule has 3 aromatic carbocycles. The van der Waals surface area contributed by atoms with E-state index in [1.54, 1.807) is 23.9 Å². The van der Waals surface area contributed by atoms with Crippen molar-refractivity contribution in [2.75, 3.05) is 18.3 Å². The van der Waals surface area contributed by atoms with E-state index in [2.05, 4.69) is 5.10 Å². The van der Waals surface area contributed by atoms with Crippen molar-refractivity contribution in [3.63, 3.8) is 0 Å².